The van der Waals surface area contributed by atoms with Gasteiger partial charge in [0.15, 0.2) is 0 Å². The van der Waals surface area contributed by atoms with Crippen molar-refractivity contribution in [1.29, 1.82) is 0 Å². The Morgan fingerprint density at radius 2 is 1.84 bits per heavy atom. The minimum absolute atomic E-state index is 0.137. The van der Waals surface area contributed by atoms with Crippen molar-refractivity contribution in [1.82, 2.24) is 4.72 Å². The number of sulfonamides is 1. The summed E-state index contributed by atoms with van der Waals surface area (Å²) in [6, 6.07) is 2.22. The highest BCUT2D eigenvalue weighted by Crippen LogP contribution is 2.21. The van der Waals surface area contributed by atoms with Crippen LogP contribution >= 0.6 is 0 Å². The Labute approximate surface area is 114 Å². The van der Waals surface area contributed by atoms with Crippen molar-refractivity contribution in [3.05, 3.63) is 29.1 Å². The molecule has 0 spiro atoms. The number of nitrogens with two attached hydrogens (primary N) is 1. The van der Waals surface area contributed by atoms with Gasteiger partial charge in [-0.05, 0) is 43.5 Å². The van der Waals surface area contributed by atoms with Crippen molar-refractivity contribution in [2.45, 2.75) is 44.6 Å². The molecule has 6 heteroatoms. The highest BCUT2D eigenvalue weighted by Gasteiger charge is 2.20. The lowest BCUT2D eigenvalue weighted by atomic mass is 10.1. The molecule has 0 amide bonds. The fraction of sp³-hybridized carbons (Fsp3) is 0.538. The molecule has 0 aliphatic heterocycles. The van der Waals surface area contributed by atoms with E-state index in [0.717, 1.165) is 12.8 Å². The molecular weight excluding hydrogens is 267 g/mol. The monoisotopic (exact) mass is 288 g/mol. The lowest BCUT2D eigenvalue weighted by Gasteiger charge is -2.15. The van der Waals surface area contributed by atoms with Crippen molar-refractivity contribution in [3.8, 4) is 0 Å². The number of halogens is 1. The maximum absolute atomic E-state index is 13.2. The molecule has 0 fully saturated rings. The maximum atomic E-state index is 13.2. The Bertz CT molecular complexity index is 521. The maximum Gasteiger partial charge on any atom is 0.241 e. The highest BCUT2D eigenvalue weighted by atomic mass is 32.2. The number of aryl methyl sites for hydroxylation is 2. The Morgan fingerprint density at radius 1 is 1.32 bits per heavy atom. The van der Waals surface area contributed by atoms with Crippen LogP contribution in [0, 0.1) is 19.7 Å². The summed E-state index contributed by atoms with van der Waals surface area (Å²) in [7, 11) is -3.65. The first-order valence-corrected chi connectivity index (χ1v) is 7.78. The van der Waals surface area contributed by atoms with Gasteiger partial charge in [0, 0.05) is 12.6 Å². The van der Waals surface area contributed by atoms with Crippen LogP contribution in [0.1, 0.15) is 30.9 Å². The average Bonchev–Trinajstić information content (AvgIpc) is 2.25. The Hall–Kier alpha value is -0.980. The molecule has 0 aliphatic rings. The Balaban J connectivity index is 2.95. The summed E-state index contributed by atoms with van der Waals surface area (Å²) in [4.78, 5) is 0.137. The molecule has 1 aromatic rings. The van der Waals surface area contributed by atoms with E-state index in [9.17, 15) is 12.8 Å². The number of nitrogens with one attached hydrogen (secondary N) is 1. The summed E-state index contributed by atoms with van der Waals surface area (Å²) < 4.78 is 40.1. The standard InChI is InChI=1S/C13H21FN2O2S/c1-4-5-12(15)8-16-19(17,18)13-9(2)6-11(14)7-10(13)3/h6-7,12,16H,4-5,8,15H2,1-3H3. The lowest BCUT2D eigenvalue weighted by Crippen LogP contribution is -2.37. The normalized spacial score (nSPS) is 13.5. The lowest BCUT2D eigenvalue weighted by molar-refractivity contribution is 0.551. The summed E-state index contributed by atoms with van der Waals surface area (Å²) >= 11 is 0. The highest BCUT2D eigenvalue weighted by molar-refractivity contribution is 7.89. The molecule has 108 valence electrons. The molecule has 0 heterocycles. The van der Waals surface area contributed by atoms with Gasteiger partial charge in [0.25, 0.3) is 0 Å². The average molecular weight is 288 g/mol. The molecule has 3 N–H and O–H groups in total. The summed E-state index contributed by atoms with van der Waals surface area (Å²) in [5.74, 6) is -0.434. The smallest absolute Gasteiger partial charge is 0.241 e. The van der Waals surface area contributed by atoms with E-state index in [4.69, 9.17) is 5.73 Å². The molecule has 1 atom stereocenters. The van der Waals surface area contributed by atoms with Gasteiger partial charge in [0.2, 0.25) is 10.0 Å². The van der Waals surface area contributed by atoms with Crippen LogP contribution in [-0.4, -0.2) is 21.0 Å². The van der Waals surface area contributed by atoms with Crippen LogP contribution in [0.3, 0.4) is 0 Å². The van der Waals surface area contributed by atoms with E-state index in [1.54, 1.807) is 13.8 Å². The van der Waals surface area contributed by atoms with E-state index in [0.29, 0.717) is 11.1 Å². The third-order valence-corrected chi connectivity index (χ3v) is 4.62. The predicted octanol–water partition coefficient (Wildman–Crippen LogP) is 1.85. The summed E-state index contributed by atoms with van der Waals surface area (Å²) in [5.41, 5.74) is 6.58. The van der Waals surface area contributed by atoms with E-state index in [-0.39, 0.29) is 17.5 Å². The number of benzene rings is 1. The van der Waals surface area contributed by atoms with E-state index < -0.39 is 15.8 Å². The van der Waals surface area contributed by atoms with Gasteiger partial charge in [0.05, 0.1) is 4.90 Å². The van der Waals surface area contributed by atoms with Crippen LogP contribution in [0.5, 0.6) is 0 Å². The second-order valence-electron chi connectivity index (χ2n) is 4.77. The summed E-state index contributed by atoms with van der Waals surface area (Å²) in [6.45, 7) is 5.34. The van der Waals surface area contributed by atoms with E-state index in [2.05, 4.69) is 4.72 Å². The van der Waals surface area contributed by atoms with E-state index in [1.165, 1.54) is 12.1 Å². The Kier molecular flexibility index (Phi) is 5.46. The molecule has 0 aliphatic carbocycles. The topological polar surface area (TPSA) is 72.2 Å². The SMILES string of the molecule is CCCC(N)CNS(=O)(=O)c1c(C)cc(F)cc1C. The first kappa shape index (κ1) is 16.1. The van der Waals surface area contributed by atoms with Crippen LogP contribution in [0.4, 0.5) is 4.39 Å². The molecule has 0 saturated heterocycles. The van der Waals surface area contributed by atoms with Crippen molar-refractivity contribution in [2.24, 2.45) is 5.73 Å². The van der Waals surface area contributed by atoms with Gasteiger partial charge in [-0.15, -0.1) is 0 Å². The van der Waals surface area contributed by atoms with E-state index >= 15 is 0 Å². The molecule has 1 unspecified atom stereocenters. The minimum atomic E-state index is -3.65. The van der Waals surface area contributed by atoms with Gasteiger partial charge >= 0.3 is 0 Å². The first-order chi connectivity index (χ1) is 8.77. The zero-order valence-corrected chi connectivity index (χ0v) is 12.3. The quantitative estimate of drug-likeness (QED) is 0.839. The van der Waals surface area contributed by atoms with Gasteiger partial charge in [-0.2, -0.15) is 0 Å². The van der Waals surface area contributed by atoms with Crippen molar-refractivity contribution < 1.29 is 12.8 Å². The fourth-order valence-electron chi connectivity index (χ4n) is 2.08. The predicted molar refractivity (Wildman–Crippen MR) is 73.9 cm³/mol. The molecule has 0 saturated carbocycles. The largest absolute Gasteiger partial charge is 0.327 e. The zero-order chi connectivity index (χ0) is 14.6. The molecule has 4 nitrogen and oxygen atoms in total. The van der Waals surface area contributed by atoms with Crippen LogP contribution in [0.15, 0.2) is 17.0 Å². The van der Waals surface area contributed by atoms with Gasteiger partial charge < -0.3 is 5.73 Å². The molecule has 1 aromatic carbocycles. The second kappa shape index (κ2) is 6.45. The van der Waals surface area contributed by atoms with Gasteiger partial charge in [0.1, 0.15) is 5.82 Å². The fourth-order valence-corrected chi connectivity index (χ4v) is 3.63. The van der Waals surface area contributed by atoms with Crippen molar-refractivity contribution in [2.75, 3.05) is 6.54 Å². The van der Waals surface area contributed by atoms with Crippen LogP contribution in [0.25, 0.3) is 0 Å². The van der Waals surface area contributed by atoms with E-state index in [1.807, 2.05) is 6.92 Å². The molecule has 0 bridgehead atoms. The number of hydrogen-bond donors (Lipinski definition) is 2. The molecule has 19 heavy (non-hydrogen) atoms. The van der Waals surface area contributed by atoms with Crippen molar-refractivity contribution in [3.63, 3.8) is 0 Å². The Morgan fingerprint density at radius 3 is 2.32 bits per heavy atom. The van der Waals surface area contributed by atoms with Crippen LogP contribution in [0.2, 0.25) is 0 Å². The minimum Gasteiger partial charge on any atom is -0.327 e. The third-order valence-electron chi connectivity index (χ3n) is 2.89. The van der Waals surface area contributed by atoms with Gasteiger partial charge in [-0.3, -0.25) is 0 Å². The summed E-state index contributed by atoms with van der Waals surface area (Å²) in [5, 5.41) is 0. The van der Waals surface area contributed by atoms with Gasteiger partial charge in [-0.25, -0.2) is 17.5 Å². The second-order valence-corrected chi connectivity index (χ2v) is 6.47. The molecule has 1 rings (SSSR count). The van der Waals surface area contributed by atoms with Crippen LogP contribution in [-0.2, 0) is 10.0 Å². The van der Waals surface area contributed by atoms with Crippen LogP contribution < -0.4 is 10.5 Å². The first-order valence-electron chi connectivity index (χ1n) is 6.30. The summed E-state index contributed by atoms with van der Waals surface area (Å²) in [6.07, 6.45) is 1.65. The third kappa shape index (κ3) is 4.26. The number of rotatable bonds is 6. The number of hydrogen-bond acceptors (Lipinski definition) is 3. The van der Waals surface area contributed by atoms with Gasteiger partial charge in [-0.1, -0.05) is 13.3 Å². The zero-order valence-electron chi connectivity index (χ0n) is 11.5. The molecule has 0 aromatic heterocycles. The molecular formula is C13H21FN2O2S. The van der Waals surface area contributed by atoms with Crippen molar-refractivity contribution >= 4 is 10.0 Å². The molecule has 0 radical (unpaired) electrons.